The molecule has 3 rings (SSSR count). The third-order valence-corrected chi connectivity index (χ3v) is 4.77. The molecule has 0 radical (unpaired) electrons. The highest BCUT2D eigenvalue weighted by atomic mass is 32.1. The molecule has 0 aromatic heterocycles. The van der Waals surface area contributed by atoms with Crippen molar-refractivity contribution < 1.29 is 9.53 Å². The first-order valence-electron chi connectivity index (χ1n) is 9.06. The third-order valence-electron chi connectivity index (χ3n) is 4.56. The quantitative estimate of drug-likeness (QED) is 0.728. The minimum atomic E-state index is -0.00258. The fourth-order valence-corrected chi connectivity index (χ4v) is 3.42. The Hall–Kier alpha value is -2.40. The molecule has 0 heterocycles. The number of benzene rings is 2. The zero-order valence-electron chi connectivity index (χ0n) is 14.7. The number of carbonyl (C=O) groups excluding carboxylic acids is 1. The molecule has 0 unspecified atom stereocenters. The fourth-order valence-electron chi connectivity index (χ4n) is 3.19. The monoisotopic (exact) mass is 368 g/mol. The highest BCUT2D eigenvalue weighted by molar-refractivity contribution is 7.80. The number of nitrogens with one attached hydrogen (secondary N) is 2. The van der Waals surface area contributed by atoms with Gasteiger partial charge in [-0.05, 0) is 60.8 Å². The van der Waals surface area contributed by atoms with Gasteiger partial charge in [0.05, 0.1) is 0 Å². The number of anilines is 1. The molecule has 1 aliphatic carbocycles. The summed E-state index contributed by atoms with van der Waals surface area (Å²) >= 11 is 5.23. The van der Waals surface area contributed by atoms with E-state index in [0.717, 1.165) is 29.8 Å². The Bertz CT molecular complexity index is 725. The van der Waals surface area contributed by atoms with Gasteiger partial charge in [0.25, 0.3) is 0 Å². The van der Waals surface area contributed by atoms with Crippen LogP contribution >= 0.6 is 12.2 Å². The van der Waals surface area contributed by atoms with E-state index in [0.29, 0.717) is 24.1 Å². The van der Waals surface area contributed by atoms with Gasteiger partial charge in [-0.2, -0.15) is 0 Å². The van der Waals surface area contributed by atoms with Crippen LogP contribution in [0, 0.1) is 5.92 Å². The van der Waals surface area contributed by atoms with E-state index in [1.54, 1.807) is 0 Å². The average molecular weight is 369 g/mol. The van der Waals surface area contributed by atoms with E-state index in [2.05, 4.69) is 10.6 Å². The normalized spacial score (nSPS) is 14.0. The fraction of sp³-hybridized carbons (Fsp3) is 0.333. The number of amides is 1. The van der Waals surface area contributed by atoms with Crippen LogP contribution in [0.3, 0.4) is 0 Å². The molecule has 0 atom stereocenters. The van der Waals surface area contributed by atoms with Gasteiger partial charge in [0, 0.05) is 12.1 Å². The van der Waals surface area contributed by atoms with Gasteiger partial charge in [-0.1, -0.05) is 43.2 Å². The van der Waals surface area contributed by atoms with E-state index < -0.39 is 0 Å². The summed E-state index contributed by atoms with van der Waals surface area (Å²) in [6, 6.07) is 17.6. The molecule has 4 nitrogen and oxygen atoms in total. The van der Waals surface area contributed by atoms with Crippen LogP contribution in [0.2, 0.25) is 0 Å². The Morgan fingerprint density at radius 3 is 2.42 bits per heavy atom. The Labute approximate surface area is 160 Å². The van der Waals surface area contributed by atoms with Crippen LogP contribution in [0.1, 0.15) is 37.7 Å². The predicted molar refractivity (Wildman–Crippen MR) is 108 cm³/mol. The first-order valence-corrected chi connectivity index (χ1v) is 9.47. The summed E-state index contributed by atoms with van der Waals surface area (Å²) in [7, 11) is 0. The average Bonchev–Trinajstić information content (AvgIpc) is 3.14. The maximum atomic E-state index is 12.0. The van der Waals surface area contributed by atoms with Crippen molar-refractivity contribution in [2.45, 2.75) is 38.7 Å². The van der Waals surface area contributed by atoms with Gasteiger partial charge in [-0.25, -0.2) is 0 Å². The molecular formula is C21H24N2O2S. The largest absolute Gasteiger partial charge is 0.489 e. The van der Waals surface area contributed by atoms with E-state index in [1.807, 2.05) is 54.6 Å². The molecule has 26 heavy (non-hydrogen) atoms. The van der Waals surface area contributed by atoms with Crippen molar-refractivity contribution in [1.82, 2.24) is 5.32 Å². The standard InChI is InChI=1S/C21H24N2O2S/c24-20(14-16-6-4-5-7-16)23-21(26)22-18-10-12-19(13-11-18)25-15-17-8-2-1-3-9-17/h1-3,8-13,16H,4-7,14-15H2,(H2,22,23,24,26). The molecule has 5 heteroatoms. The zero-order chi connectivity index (χ0) is 18.2. The van der Waals surface area contributed by atoms with E-state index in [9.17, 15) is 4.79 Å². The van der Waals surface area contributed by atoms with Gasteiger partial charge in [-0.3, -0.25) is 4.79 Å². The first-order chi connectivity index (χ1) is 12.7. The van der Waals surface area contributed by atoms with Crippen molar-refractivity contribution in [2.24, 2.45) is 5.92 Å². The lowest BCUT2D eigenvalue weighted by Gasteiger charge is -2.12. The van der Waals surface area contributed by atoms with Crippen LogP contribution in [-0.2, 0) is 11.4 Å². The van der Waals surface area contributed by atoms with Gasteiger partial charge in [0.15, 0.2) is 5.11 Å². The number of carbonyl (C=O) groups is 1. The molecule has 1 amide bonds. The maximum Gasteiger partial charge on any atom is 0.226 e. The van der Waals surface area contributed by atoms with Gasteiger partial charge in [0.2, 0.25) is 5.91 Å². The number of thiocarbonyl (C=S) groups is 1. The van der Waals surface area contributed by atoms with E-state index in [1.165, 1.54) is 12.8 Å². The summed E-state index contributed by atoms with van der Waals surface area (Å²) in [5.41, 5.74) is 1.95. The highest BCUT2D eigenvalue weighted by Gasteiger charge is 2.18. The second kappa shape index (κ2) is 9.34. The molecule has 0 spiro atoms. The molecule has 1 saturated carbocycles. The summed E-state index contributed by atoms with van der Waals surface area (Å²) in [6.07, 6.45) is 5.34. The maximum absolute atomic E-state index is 12.0. The summed E-state index contributed by atoms with van der Waals surface area (Å²) in [4.78, 5) is 12.0. The van der Waals surface area contributed by atoms with Crippen molar-refractivity contribution in [3.63, 3.8) is 0 Å². The minimum absolute atomic E-state index is 0.00258. The van der Waals surface area contributed by atoms with Gasteiger partial charge >= 0.3 is 0 Å². The molecular weight excluding hydrogens is 344 g/mol. The van der Waals surface area contributed by atoms with Crippen LogP contribution in [0.15, 0.2) is 54.6 Å². The number of hydrogen-bond donors (Lipinski definition) is 2. The van der Waals surface area contributed by atoms with Crippen LogP contribution in [0.4, 0.5) is 5.69 Å². The van der Waals surface area contributed by atoms with Crippen molar-refractivity contribution in [1.29, 1.82) is 0 Å². The Morgan fingerprint density at radius 2 is 1.73 bits per heavy atom. The second-order valence-electron chi connectivity index (χ2n) is 6.66. The predicted octanol–water partition coefficient (Wildman–Crippen LogP) is 4.66. The van der Waals surface area contributed by atoms with Crippen molar-refractivity contribution in [3.05, 3.63) is 60.2 Å². The van der Waals surface area contributed by atoms with Crippen LogP contribution < -0.4 is 15.4 Å². The Morgan fingerprint density at radius 1 is 1.04 bits per heavy atom. The molecule has 2 aromatic rings. The zero-order valence-corrected chi connectivity index (χ0v) is 15.6. The highest BCUT2D eigenvalue weighted by Crippen LogP contribution is 2.27. The lowest BCUT2D eigenvalue weighted by atomic mass is 10.0. The first kappa shape index (κ1) is 18.4. The molecule has 2 N–H and O–H groups in total. The van der Waals surface area contributed by atoms with Crippen LogP contribution in [0.25, 0.3) is 0 Å². The van der Waals surface area contributed by atoms with Crippen molar-refractivity contribution in [2.75, 3.05) is 5.32 Å². The number of rotatable bonds is 6. The molecule has 136 valence electrons. The van der Waals surface area contributed by atoms with Crippen molar-refractivity contribution in [3.8, 4) is 5.75 Å². The Kier molecular flexibility index (Phi) is 6.61. The van der Waals surface area contributed by atoms with Crippen LogP contribution in [-0.4, -0.2) is 11.0 Å². The van der Waals surface area contributed by atoms with Crippen molar-refractivity contribution >= 4 is 28.9 Å². The number of hydrogen-bond acceptors (Lipinski definition) is 3. The second-order valence-corrected chi connectivity index (χ2v) is 7.06. The number of ether oxygens (including phenoxy) is 1. The Balaban J connectivity index is 1.43. The minimum Gasteiger partial charge on any atom is -0.489 e. The molecule has 2 aromatic carbocycles. The molecule has 1 aliphatic rings. The lowest BCUT2D eigenvalue weighted by Crippen LogP contribution is -2.34. The van der Waals surface area contributed by atoms with Gasteiger partial charge in [-0.15, -0.1) is 0 Å². The summed E-state index contributed by atoms with van der Waals surface area (Å²) in [5.74, 6) is 1.30. The van der Waals surface area contributed by atoms with Gasteiger partial charge < -0.3 is 15.4 Å². The van der Waals surface area contributed by atoms with E-state index in [-0.39, 0.29) is 5.91 Å². The van der Waals surface area contributed by atoms with E-state index in [4.69, 9.17) is 17.0 Å². The topological polar surface area (TPSA) is 50.4 Å². The summed E-state index contributed by atoms with van der Waals surface area (Å²) in [6.45, 7) is 0.531. The SMILES string of the molecule is O=C(CC1CCCC1)NC(=S)Nc1ccc(OCc2ccccc2)cc1. The molecule has 0 saturated heterocycles. The molecule has 0 aliphatic heterocycles. The lowest BCUT2D eigenvalue weighted by molar-refractivity contribution is -0.120. The summed E-state index contributed by atoms with van der Waals surface area (Å²) in [5, 5.41) is 6.15. The smallest absolute Gasteiger partial charge is 0.226 e. The molecule has 1 fully saturated rings. The van der Waals surface area contributed by atoms with Gasteiger partial charge in [0.1, 0.15) is 12.4 Å². The van der Waals surface area contributed by atoms with E-state index >= 15 is 0 Å². The third kappa shape index (κ3) is 5.85. The van der Waals surface area contributed by atoms with Crippen LogP contribution in [0.5, 0.6) is 5.75 Å². The molecule has 0 bridgehead atoms. The summed E-state index contributed by atoms with van der Waals surface area (Å²) < 4.78 is 5.76.